The molecule has 0 aliphatic carbocycles. The highest BCUT2D eigenvalue weighted by molar-refractivity contribution is 5.75. The molecule has 1 aliphatic heterocycles. The summed E-state index contributed by atoms with van der Waals surface area (Å²) in [5.41, 5.74) is 3.04. The van der Waals surface area contributed by atoms with Crippen LogP contribution in [0.5, 0.6) is 0 Å². The molecule has 0 radical (unpaired) electrons. The zero-order chi connectivity index (χ0) is 16.4. The number of likely N-dealkylation sites (tertiary alicyclic amines) is 1. The molecule has 0 unspecified atom stereocenters. The summed E-state index contributed by atoms with van der Waals surface area (Å²) in [7, 11) is 3.86. The minimum absolute atomic E-state index is 0.0319. The third-order valence-corrected chi connectivity index (χ3v) is 4.26. The molecule has 0 saturated carbocycles. The van der Waals surface area contributed by atoms with Crippen LogP contribution in [-0.4, -0.2) is 41.4 Å². The molecule has 1 atom stereocenters. The maximum atomic E-state index is 12.0. The van der Waals surface area contributed by atoms with Crippen molar-refractivity contribution in [1.82, 2.24) is 14.9 Å². The third kappa shape index (κ3) is 3.04. The van der Waals surface area contributed by atoms with Gasteiger partial charge in [0.1, 0.15) is 0 Å². The molecule has 5 nitrogen and oxygen atoms in total. The van der Waals surface area contributed by atoms with Crippen molar-refractivity contribution in [2.75, 3.05) is 25.5 Å². The van der Waals surface area contributed by atoms with Crippen molar-refractivity contribution in [1.29, 1.82) is 0 Å². The number of benzene rings is 1. The van der Waals surface area contributed by atoms with E-state index < -0.39 is 0 Å². The fourth-order valence-electron chi connectivity index (χ4n) is 3.12. The summed E-state index contributed by atoms with van der Waals surface area (Å²) in [5.74, 6) is 0.784. The Morgan fingerprint density at radius 1 is 1.26 bits per heavy atom. The first-order valence-corrected chi connectivity index (χ1v) is 7.95. The Hall–Kier alpha value is -2.43. The molecule has 3 rings (SSSR count). The van der Waals surface area contributed by atoms with Gasteiger partial charge in [-0.25, -0.2) is 9.97 Å². The summed E-state index contributed by atoms with van der Waals surface area (Å²) < 4.78 is 0. The molecular weight excluding hydrogens is 288 g/mol. The lowest BCUT2D eigenvalue weighted by Crippen LogP contribution is -2.29. The summed E-state index contributed by atoms with van der Waals surface area (Å²) in [4.78, 5) is 25.0. The van der Waals surface area contributed by atoms with Crippen LogP contribution >= 0.6 is 0 Å². The highest BCUT2D eigenvalue weighted by Gasteiger charge is 2.31. The smallest absolute Gasteiger partial charge is 0.225 e. The standard InChI is InChI=1S/C18H22N4O/c1-13(23)22-11-7-10-16(22)17-15(14-8-5-4-6-9-14)12-19-18(20-17)21(2)3/h4-6,8-9,12,16H,7,10-11H2,1-3H3/t16-/m0/s1. The summed E-state index contributed by atoms with van der Waals surface area (Å²) in [6.45, 7) is 2.43. The van der Waals surface area contributed by atoms with E-state index in [0.29, 0.717) is 5.95 Å². The second-order valence-electron chi connectivity index (χ2n) is 6.10. The van der Waals surface area contributed by atoms with Crippen LogP contribution < -0.4 is 4.90 Å². The molecule has 0 N–H and O–H groups in total. The van der Waals surface area contributed by atoms with E-state index >= 15 is 0 Å². The predicted octanol–water partition coefficient (Wildman–Crippen LogP) is 2.89. The van der Waals surface area contributed by atoms with Crippen molar-refractivity contribution in [3.63, 3.8) is 0 Å². The Labute approximate surface area is 137 Å². The van der Waals surface area contributed by atoms with Crippen molar-refractivity contribution in [2.45, 2.75) is 25.8 Å². The van der Waals surface area contributed by atoms with Gasteiger partial charge in [-0.3, -0.25) is 4.79 Å². The number of carbonyl (C=O) groups is 1. The van der Waals surface area contributed by atoms with Crippen LogP contribution in [0.15, 0.2) is 36.5 Å². The molecule has 1 aromatic heterocycles. The molecular formula is C18H22N4O. The minimum Gasteiger partial charge on any atom is -0.347 e. The van der Waals surface area contributed by atoms with Gasteiger partial charge in [-0.05, 0) is 18.4 Å². The van der Waals surface area contributed by atoms with E-state index in [4.69, 9.17) is 4.98 Å². The van der Waals surface area contributed by atoms with Crippen molar-refractivity contribution in [2.24, 2.45) is 0 Å². The summed E-state index contributed by atoms with van der Waals surface area (Å²) in [5, 5.41) is 0. The van der Waals surface area contributed by atoms with Crippen LogP contribution in [0.1, 0.15) is 31.5 Å². The van der Waals surface area contributed by atoms with E-state index in [2.05, 4.69) is 17.1 Å². The number of nitrogens with zero attached hydrogens (tertiary/aromatic N) is 4. The number of carbonyl (C=O) groups excluding carboxylic acids is 1. The maximum absolute atomic E-state index is 12.0. The fraction of sp³-hybridized carbons (Fsp3) is 0.389. The van der Waals surface area contributed by atoms with E-state index in [9.17, 15) is 4.79 Å². The van der Waals surface area contributed by atoms with Crippen LogP contribution in [0.2, 0.25) is 0 Å². The summed E-state index contributed by atoms with van der Waals surface area (Å²) in [6.07, 6.45) is 3.84. The molecule has 2 heterocycles. The Morgan fingerprint density at radius 2 is 2.00 bits per heavy atom. The quantitative estimate of drug-likeness (QED) is 0.874. The minimum atomic E-state index is 0.0319. The fourth-order valence-corrected chi connectivity index (χ4v) is 3.12. The van der Waals surface area contributed by atoms with Gasteiger partial charge >= 0.3 is 0 Å². The number of rotatable bonds is 3. The number of amides is 1. The second kappa shape index (κ2) is 6.36. The lowest BCUT2D eigenvalue weighted by molar-refractivity contribution is -0.129. The first kappa shape index (κ1) is 15.5. The Balaban J connectivity index is 2.12. The molecule has 1 fully saturated rings. The van der Waals surface area contributed by atoms with Gasteiger partial charge in [-0.15, -0.1) is 0 Å². The maximum Gasteiger partial charge on any atom is 0.225 e. The highest BCUT2D eigenvalue weighted by atomic mass is 16.2. The van der Waals surface area contributed by atoms with Crippen molar-refractivity contribution < 1.29 is 4.79 Å². The van der Waals surface area contributed by atoms with Crippen LogP contribution in [0.3, 0.4) is 0 Å². The summed E-state index contributed by atoms with van der Waals surface area (Å²) in [6, 6.07) is 10.2. The number of aromatic nitrogens is 2. The SMILES string of the molecule is CC(=O)N1CCC[C@H]1c1nc(N(C)C)ncc1-c1ccccc1. The van der Waals surface area contributed by atoms with Gasteiger partial charge in [0.25, 0.3) is 0 Å². The Bertz CT molecular complexity index is 699. The number of anilines is 1. The molecule has 1 aromatic carbocycles. The zero-order valence-corrected chi connectivity index (χ0v) is 13.9. The Morgan fingerprint density at radius 3 is 2.65 bits per heavy atom. The van der Waals surface area contributed by atoms with E-state index in [-0.39, 0.29) is 11.9 Å². The van der Waals surface area contributed by atoms with Crippen LogP contribution in [-0.2, 0) is 4.79 Å². The van der Waals surface area contributed by atoms with Crippen molar-refractivity contribution in [3.8, 4) is 11.1 Å². The lowest BCUT2D eigenvalue weighted by Gasteiger charge is -2.25. The molecule has 0 spiro atoms. The lowest BCUT2D eigenvalue weighted by atomic mass is 10.00. The zero-order valence-electron chi connectivity index (χ0n) is 13.9. The number of hydrogen-bond acceptors (Lipinski definition) is 4. The molecule has 2 aromatic rings. The van der Waals surface area contributed by atoms with E-state index in [1.807, 2.05) is 48.3 Å². The molecule has 1 aliphatic rings. The van der Waals surface area contributed by atoms with Crippen LogP contribution in [0, 0.1) is 0 Å². The van der Waals surface area contributed by atoms with Gasteiger partial charge in [0.05, 0.1) is 11.7 Å². The van der Waals surface area contributed by atoms with Crippen molar-refractivity contribution in [3.05, 3.63) is 42.2 Å². The molecule has 5 heteroatoms. The van der Waals surface area contributed by atoms with Gasteiger partial charge in [0.15, 0.2) is 0 Å². The van der Waals surface area contributed by atoms with E-state index in [1.54, 1.807) is 6.92 Å². The van der Waals surface area contributed by atoms with Gasteiger partial charge in [-0.1, -0.05) is 30.3 Å². The average molecular weight is 310 g/mol. The monoisotopic (exact) mass is 310 g/mol. The molecule has 23 heavy (non-hydrogen) atoms. The molecule has 0 bridgehead atoms. The van der Waals surface area contributed by atoms with Gasteiger partial charge in [0.2, 0.25) is 11.9 Å². The first-order valence-electron chi connectivity index (χ1n) is 7.95. The predicted molar refractivity (Wildman–Crippen MR) is 91.2 cm³/mol. The molecule has 1 saturated heterocycles. The van der Waals surface area contributed by atoms with Gasteiger partial charge in [-0.2, -0.15) is 0 Å². The second-order valence-corrected chi connectivity index (χ2v) is 6.10. The van der Waals surface area contributed by atoms with Crippen LogP contribution in [0.25, 0.3) is 11.1 Å². The summed E-state index contributed by atoms with van der Waals surface area (Å²) >= 11 is 0. The highest BCUT2D eigenvalue weighted by Crippen LogP contribution is 2.36. The van der Waals surface area contributed by atoms with Crippen molar-refractivity contribution >= 4 is 11.9 Å². The third-order valence-electron chi connectivity index (χ3n) is 4.26. The normalized spacial score (nSPS) is 17.3. The topological polar surface area (TPSA) is 49.3 Å². The molecule has 120 valence electrons. The number of hydrogen-bond donors (Lipinski definition) is 0. The Kier molecular flexibility index (Phi) is 4.28. The molecule has 1 amide bonds. The largest absolute Gasteiger partial charge is 0.347 e. The van der Waals surface area contributed by atoms with E-state index in [0.717, 1.165) is 36.2 Å². The van der Waals surface area contributed by atoms with Gasteiger partial charge < -0.3 is 9.80 Å². The first-order chi connectivity index (χ1) is 11.1. The average Bonchev–Trinajstić information content (AvgIpc) is 3.05. The van der Waals surface area contributed by atoms with E-state index in [1.165, 1.54) is 0 Å². The van der Waals surface area contributed by atoms with Crippen LogP contribution in [0.4, 0.5) is 5.95 Å². The van der Waals surface area contributed by atoms with Gasteiger partial charge in [0, 0.05) is 39.3 Å².